The average molecular weight is 475 g/mol. The first-order chi connectivity index (χ1) is 17.0. The van der Waals surface area contributed by atoms with Crippen molar-refractivity contribution in [3.05, 3.63) is 85.5 Å². The minimum absolute atomic E-state index is 0.133. The van der Waals surface area contributed by atoms with Gasteiger partial charge in [-0.05, 0) is 18.6 Å². The molecule has 1 heterocycles. The Labute approximate surface area is 208 Å². The van der Waals surface area contributed by atoms with Crippen LogP contribution in [0.3, 0.4) is 0 Å². The smallest absolute Gasteiger partial charge is 0.286 e. The van der Waals surface area contributed by atoms with Crippen LogP contribution in [0.4, 0.5) is 0 Å². The molecule has 1 aliphatic heterocycles. The van der Waals surface area contributed by atoms with Gasteiger partial charge < -0.3 is 15.5 Å². The van der Waals surface area contributed by atoms with Crippen LogP contribution in [0.15, 0.2) is 89.9 Å². The van der Waals surface area contributed by atoms with E-state index in [4.69, 9.17) is 5.26 Å². The highest BCUT2D eigenvalue weighted by Crippen LogP contribution is 2.09. The van der Waals surface area contributed by atoms with Gasteiger partial charge in [-0.25, -0.2) is 0 Å². The van der Waals surface area contributed by atoms with Crippen molar-refractivity contribution in [1.82, 2.24) is 15.5 Å². The van der Waals surface area contributed by atoms with E-state index in [1.54, 1.807) is 12.2 Å². The molecule has 35 heavy (non-hydrogen) atoms. The summed E-state index contributed by atoms with van der Waals surface area (Å²) in [5.74, 6) is -0.176. The zero-order chi connectivity index (χ0) is 25.9. The van der Waals surface area contributed by atoms with Gasteiger partial charge in [-0.2, -0.15) is 5.26 Å². The number of nitrogens with zero attached hydrogens (tertiary/aromatic N) is 4. The first-order valence-electron chi connectivity index (χ1n) is 11.3. The van der Waals surface area contributed by atoms with Gasteiger partial charge >= 0.3 is 0 Å². The fourth-order valence-corrected chi connectivity index (χ4v) is 3.00. The van der Waals surface area contributed by atoms with E-state index < -0.39 is 0 Å². The van der Waals surface area contributed by atoms with Crippen molar-refractivity contribution in [2.24, 2.45) is 9.98 Å². The molecule has 2 N–H and O–H groups in total. The van der Waals surface area contributed by atoms with Gasteiger partial charge in [-0.15, -0.1) is 13.2 Å². The number of amidine groups is 1. The predicted molar refractivity (Wildman–Crippen MR) is 142 cm³/mol. The Bertz CT molecular complexity index is 1000. The van der Waals surface area contributed by atoms with E-state index in [1.165, 1.54) is 7.05 Å². The number of amides is 2. The number of benzene rings is 1. The van der Waals surface area contributed by atoms with Crippen LogP contribution in [0.2, 0.25) is 0 Å². The van der Waals surface area contributed by atoms with Gasteiger partial charge in [0, 0.05) is 39.6 Å². The van der Waals surface area contributed by atoms with Crippen molar-refractivity contribution >= 4 is 23.4 Å². The lowest BCUT2D eigenvalue weighted by Gasteiger charge is -2.25. The van der Waals surface area contributed by atoms with E-state index in [2.05, 4.69) is 33.8 Å². The van der Waals surface area contributed by atoms with Crippen molar-refractivity contribution in [3.63, 3.8) is 0 Å². The molecule has 184 valence electrons. The SMILES string of the molecule is C=C.CN=C(C#N)/C=C\CNC(=O)CCNC(=O)C1=NC(C)/C=C\C=C/CN1Cc1ccccc1. The summed E-state index contributed by atoms with van der Waals surface area (Å²) < 4.78 is 0. The topological polar surface area (TPSA) is 110 Å². The van der Waals surface area contributed by atoms with Crippen LogP contribution >= 0.6 is 0 Å². The van der Waals surface area contributed by atoms with Crippen LogP contribution in [-0.2, 0) is 16.1 Å². The number of aliphatic imine (C=N–C) groups is 2. The van der Waals surface area contributed by atoms with Crippen LogP contribution < -0.4 is 10.6 Å². The summed E-state index contributed by atoms with van der Waals surface area (Å²) in [6.45, 7) is 9.47. The first-order valence-corrected chi connectivity index (χ1v) is 11.3. The van der Waals surface area contributed by atoms with Crippen LogP contribution in [0, 0.1) is 11.3 Å². The van der Waals surface area contributed by atoms with Gasteiger partial charge in [0.05, 0.1) is 6.04 Å². The van der Waals surface area contributed by atoms with Crippen molar-refractivity contribution in [2.45, 2.75) is 25.9 Å². The molecule has 8 heteroatoms. The molecule has 8 nitrogen and oxygen atoms in total. The lowest BCUT2D eigenvalue weighted by molar-refractivity contribution is -0.121. The van der Waals surface area contributed by atoms with Crippen molar-refractivity contribution in [3.8, 4) is 6.07 Å². The molecule has 2 amide bonds. The quantitative estimate of drug-likeness (QED) is 0.423. The maximum Gasteiger partial charge on any atom is 0.286 e. The second kappa shape index (κ2) is 17.3. The van der Waals surface area contributed by atoms with Crippen molar-refractivity contribution in [1.29, 1.82) is 5.26 Å². The summed E-state index contributed by atoms with van der Waals surface area (Å²) in [7, 11) is 1.53. The molecule has 1 atom stereocenters. The molecule has 1 aromatic rings. The second-order valence-electron chi connectivity index (χ2n) is 7.31. The molecule has 1 aliphatic rings. The summed E-state index contributed by atoms with van der Waals surface area (Å²) in [5, 5.41) is 14.3. The molecule has 0 aliphatic carbocycles. The highest BCUT2D eigenvalue weighted by Gasteiger charge is 2.20. The maximum absolute atomic E-state index is 13.0. The van der Waals surface area contributed by atoms with Crippen LogP contribution in [-0.4, -0.2) is 61.0 Å². The molecular weight excluding hydrogens is 440 g/mol. The Kier molecular flexibility index (Phi) is 14.2. The highest BCUT2D eigenvalue weighted by molar-refractivity contribution is 6.37. The number of carbonyl (C=O) groups excluding carboxylic acids is 2. The molecule has 0 aromatic heterocycles. The van der Waals surface area contributed by atoms with E-state index in [9.17, 15) is 9.59 Å². The fraction of sp³-hybridized carbons (Fsp3) is 0.296. The third-order valence-corrected chi connectivity index (χ3v) is 4.69. The molecule has 0 saturated heterocycles. The van der Waals surface area contributed by atoms with Crippen molar-refractivity contribution < 1.29 is 9.59 Å². The van der Waals surface area contributed by atoms with Gasteiger partial charge in [0.1, 0.15) is 11.8 Å². The molecule has 1 unspecified atom stereocenters. The Morgan fingerprint density at radius 2 is 2.00 bits per heavy atom. The third-order valence-electron chi connectivity index (χ3n) is 4.69. The summed E-state index contributed by atoms with van der Waals surface area (Å²) in [6.07, 6.45) is 11.1. The predicted octanol–water partition coefficient (Wildman–Crippen LogP) is 2.98. The van der Waals surface area contributed by atoms with Gasteiger partial charge in [0.2, 0.25) is 5.91 Å². The van der Waals surface area contributed by atoms with Gasteiger partial charge in [-0.1, -0.05) is 60.7 Å². The average Bonchev–Trinajstić information content (AvgIpc) is 2.96. The molecule has 2 rings (SSSR count). The lowest BCUT2D eigenvalue weighted by atomic mass is 10.2. The Balaban J connectivity index is 0.00000298. The maximum atomic E-state index is 13.0. The monoisotopic (exact) mass is 474 g/mol. The number of carbonyl (C=O) groups is 2. The number of nitriles is 1. The Morgan fingerprint density at radius 1 is 1.26 bits per heavy atom. The fourth-order valence-electron chi connectivity index (χ4n) is 3.00. The number of rotatable bonds is 9. The van der Waals surface area contributed by atoms with Crippen LogP contribution in [0.25, 0.3) is 0 Å². The molecule has 0 radical (unpaired) electrons. The molecule has 0 saturated carbocycles. The minimum Gasteiger partial charge on any atom is -0.353 e. The van der Waals surface area contributed by atoms with E-state index in [-0.39, 0.29) is 43.1 Å². The molecule has 0 fully saturated rings. The van der Waals surface area contributed by atoms with E-state index in [0.29, 0.717) is 18.9 Å². The van der Waals surface area contributed by atoms with E-state index >= 15 is 0 Å². The summed E-state index contributed by atoms with van der Waals surface area (Å²) >= 11 is 0. The first kappa shape index (κ1) is 28.8. The highest BCUT2D eigenvalue weighted by atomic mass is 16.2. The van der Waals surface area contributed by atoms with Crippen LogP contribution in [0.1, 0.15) is 18.9 Å². The van der Waals surface area contributed by atoms with E-state index in [0.717, 1.165) is 5.56 Å². The zero-order valence-corrected chi connectivity index (χ0v) is 20.5. The normalized spacial score (nSPS) is 17.4. The second-order valence-corrected chi connectivity index (χ2v) is 7.31. The number of hydrogen-bond acceptors (Lipinski definition) is 6. The summed E-state index contributed by atoms with van der Waals surface area (Å²) in [5.41, 5.74) is 1.36. The number of allylic oxidation sites excluding steroid dienone is 3. The largest absolute Gasteiger partial charge is 0.353 e. The minimum atomic E-state index is -0.313. The standard InChI is InChI=1S/C25H30N6O2.C2H4/c1-20-10-5-4-8-17-31(19-21-11-6-3-7-12-21)24(30-20)25(33)29-16-14-23(32)28-15-9-13-22(18-26)27-2;1-2/h3-13,20H,14-17,19H2,1-2H3,(H,28,32)(H,29,33);1-2H2/b8-4-,10-5-,13-9-,27-22?,30-24?;. The third kappa shape index (κ3) is 11.4. The summed E-state index contributed by atoms with van der Waals surface area (Å²) in [6, 6.07) is 11.7. The zero-order valence-electron chi connectivity index (χ0n) is 20.5. The number of nitrogens with one attached hydrogen (secondary N) is 2. The molecular formula is C27H34N6O2. The molecule has 0 spiro atoms. The Morgan fingerprint density at radius 3 is 2.69 bits per heavy atom. The number of hydrogen-bond donors (Lipinski definition) is 2. The molecule has 1 aromatic carbocycles. The Hall–Kier alpha value is -4.25. The van der Waals surface area contributed by atoms with Crippen molar-refractivity contribution in [2.75, 3.05) is 26.7 Å². The van der Waals surface area contributed by atoms with Gasteiger partial charge in [0.15, 0.2) is 5.84 Å². The van der Waals surface area contributed by atoms with Gasteiger partial charge in [-0.3, -0.25) is 19.6 Å². The lowest BCUT2D eigenvalue weighted by Crippen LogP contribution is -2.44. The van der Waals surface area contributed by atoms with Crippen LogP contribution in [0.5, 0.6) is 0 Å². The van der Waals surface area contributed by atoms with E-state index in [1.807, 2.05) is 72.5 Å². The van der Waals surface area contributed by atoms with Gasteiger partial charge in [0.25, 0.3) is 5.91 Å². The molecule has 0 bridgehead atoms. The summed E-state index contributed by atoms with van der Waals surface area (Å²) in [4.78, 5) is 35.4.